The Morgan fingerprint density at radius 2 is 2.19 bits per heavy atom. The lowest BCUT2D eigenvalue weighted by Gasteiger charge is -2.22. The van der Waals surface area contributed by atoms with Gasteiger partial charge in [-0.25, -0.2) is 14.0 Å². The molecule has 6 nitrogen and oxygen atoms in total. The zero-order valence-electron chi connectivity index (χ0n) is 11.6. The molecule has 1 fully saturated rings. The summed E-state index contributed by atoms with van der Waals surface area (Å²) in [5, 5.41) is 11.2. The molecule has 0 spiro atoms. The fourth-order valence-corrected chi connectivity index (χ4v) is 1.96. The minimum Gasteiger partial charge on any atom is -0.478 e. The molecule has 1 aliphatic carbocycles. The van der Waals surface area contributed by atoms with Gasteiger partial charge in [-0.1, -0.05) is 0 Å². The summed E-state index contributed by atoms with van der Waals surface area (Å²) >= 11 is 0. The number of aromatic carboxylic acids is 1. The fourth-order valence-electron chi connectivity index (χ4n) is 1.96. The van der Waals surface area contributed by atoms with Crippen molar-refractivity contribution in [1.82, 2.24) is 4.90 Å². The van der Waals surface area contributed by atoms with Gasteiger partial charge in [-0.05, 0) is 31.0 Å². The Kier molecular flexibility index (Phi) is 4.74. The molecule has 114 valence electrons. The molecule has 1 aliphatic rings. The summed E-state index contributed by atoms with van der Waals surface area (Å²) < 4.78 is 18.7. The molecule has 0 atom stereocenters. The summed E-state index contributed by atoms with van der Waals surface area (Å²) in [6, 6.07) is 3.14. The number of methoxy groups -OCH3 is 1. The van der Waals surface area contributed by atoms with Gasteiger partial charge in [-0.3, -0.25) is 0 Å². The molecule has 7 heteroatoms. The second kappa shape index (κ2) is 6.53. The Balaban J connectivity index is 2.05. The van der Waals surface area contributed by atoms with Crippen molar-refractivity contribution in [2.75, 3.05) is 25.6 Å². The molecule has 1 aromatic rings. The highest BCUT2D eigenvalue weighted by atomic mass is 19.1. The largest absolute Gasteiger partial charge is 0.478 e. The molecule has 0 heterocycles. The van der Waals surface area contributed by atoms with Gasteiger partial charge in [0.15, 0.2) is 0 Å². The number of hydrogen-bond donors (Lipinski definition) is 2. The first-order valence-corrected chi connectivity index (χ1v) is 6.62. The summed E-state index contributed by atoms with van der Waals surface area (Å²) in [5.41, 5.74) is -0.197. The number of halogens is 1. The number of nitrogens with zero attached hydrogens (tertiary/aromatic N) is 1. The number of carboxylic acids is 1. The van der Waals surface area contributed by atoms with Gasteiger partial charge in [0, 0.05) is 19.7 Å². The average Bonchev–Trinajstić information content (AvgIpc) is 3.26. The molecule has 2 amide bonds. The summed E-state index contributed by atoms with van der Waals surface area (Å²) in [5.74, 6) is -1.99. The number of benzene rings is 1. The maximum absolute atomic E-state index is 13.8. The third-order valence-electron chi connectivity index (χ3n) is 3.24. The van der Waals surface area contributed by atoms with Crippen molar-refractivity contribution in [3.05, 3.63) is 29.6 Å². The molecule has 1 saturated carbocycles. The normalized spacial score (nSPS) is 13.8. The van der Waals surface area contributed by atoms with Gasteiger partial charge in [-0.2, -0.15) is 0 Å². The van der Waals surface area contributed by atoms with Crippen LogP contribution in [0, 0.1) is 5.82 Å². The maximum Gasteiger partial charge on any atom is 0.335 e. The van der Waals surface area contributed by atoms with Crippen LogP contribution in [0.5, 0.6) is 0 Å². The highest BCUT2D eigenvalue weighted by Gasteiger charge is 2.32. The third-order valence-corrected chi connectivity index (χ3v) is 3.24. The molecule has 0 saturated heterocycles. The zero-order valence-corrected chi connectivity index (χ0v) is 11.6. The van der Waals surface area contributed by atoms with Gasteiger partial charge in [-0.15, -0.1) is 0 Å². The maximum atomic E-state index is 13.8. The first kappa shape index (κ1) is 15.2. The molecule has 0 radical (unpaired) electrons. The number of rotatable bonds is 6. The fraction of sp³-hybridized carbons (Fsp3) is 0.429. The second-order valence-corrected chi connectivity index (χ2v) is 4.85. The number of carbonyl (C=O) groups excluding carboxylic acids is 1. The minimum absolute atomic E-state index is 0.0342. The number of urea groups is 1. The zero-order chi connectivity index (χ0) is 15.4. The van der Waals surface area contributed by atoms with Gasteiger partial charge < -0.3 is 20.1 Å². The molecule has 0 bridgehead atoms. The van der Waals surface area contributed by atoms with Gasteiger partial charge in [0.2, 0.25) is 0 Å². The van der Waals surface area contributed by atoms with E-state index in [0.717, 1.165) is 18.9 Å². The summed E-state index contributed by atoms with van der Waals surface area (Å²) in [4.78, 5) is 24.5. The van der Waals surface area contributed by atoms with E-state index < -0.39 is 17.8 Å². The van der Waals surface area contributed by atoms with Gasteiger partial charge in [0.25, 0.3) is 0 Å². The minimum atomic E-state index is -1.22. The van der Waals surface area contributed by atoms with Crippen LogP contribution in [-0.4, -0.2) is 48.3 Å². The first-order valence-electron chi connectivity index (χ1n) is 6.62. The number of amides is 2. The van der Waals surface area contributed by atoms with Crippen molar-refractivity contribution < 1.29 is 23.8 Å². The van der Waals surface area contributed by atoms with Crippen LogP contribution >= 0.6 is 0 Å². The topological polar surface area (TPSA) is 78.9 Å². The molecular weight excluding hydrogens is 279 g/mol. The Bertz CT molecular complexity index is 546. The van der Waals surface area contributed by atoms with Gasteiger partial charge >= 0.3 is 12.0 Å². The van der Waals surface area contributed by atoms with Crippen molar-refractivity contribution in [2.24, 2.45) is 0 Å². The quantitative estimate of drug-likeness (QED) is 0.843. The van der Waals surface area contributed by atoms with E-state index in [0.29, 0.717) is 13.2 Å². The molecular formula is C14H17FN2O4. The first-order chi connectivity index (χ1) is 10.0. The number of ether oxygens (including phenoxy) is 1. The van der Waals surface area contributed by atoms with Crippen LogP contribution in [0.25, 0.3) is 0 Å². The standard InChI is InChI=1S/C14H17FN2O4/c1-21-7-6-17(10-3-4-10)14(20)16-12-5-2-9(13(18)19)8-11(12)15/h2,5,8,10H,3-4,6-7H2,1H3,(H,16,20)(H,18,19). The van der Waals surface area contributed by atoms with E-state index in [9.17, 15) is 14.0 Å². The van der Waals surface area contributed by atoms with Gasteiger partial charge in [0.1, 0.15) is 5.82 Å². The Morgan fingerprint density at radius 1 is 1.48 bits per heavy atom. The highest BCUT2D eigenvalue weighted by Crippen LogP contribution is 2.27. The lowest BCUT2D eigenvalue weighted by molar-refractivity contribution is 0.0696. The predicted molar refractivity (Wildman–Crippen MR) is 74.0 cm³/mol. The average molecular weight is 296 g/mol. The van der Waals surface area contributed by atoms with Gasteiger partial charge in [0.05, 0.1) is 17.9 Å². The Labute approximate surface area is 121 Å². The number of hydrogen-bond acceptors (Lipinski definition) is 3. The Hall–Kier alpha value is -2.15. The van der Waals surface area contributed by atoms with Crippen LogP contribution < -0.4 is 5.32 Å². The number of carboxylic acid groups (broad SMARTS) is 1. The summed E-state index contributed by atoms with van der Waals surface area (Å²) in [6.45, 7) is 0.839. The van der Waals surface area contributed by atoms with E-state index in [-0.39, 0.29) is 17.3 Å². The van der Waals surface area contributed by atoms with E-state index in [1.807, 2.05) is 0 Å². The SMILES string of the molecule is COCCN(C(=O)Nc1ccc(C(=O)O)cc1F)C1CC1. The highest BCUT2D eigenvalue weighted by molar-refractivity contribution is 5.92. The molecule has 21 heavy (non-hydrogen) atoms. The molecule has 0 unspecified atom stereocenters. The number of anilines is 1. The van der Waals surface area contributed by atoms with Crippen LogP contribution in [0.3, 0.4) is 0 Å². The summed E-state index contributed by atoms with van der Waals surface area (Å²) in [7, 11) is 1.55. The van der Waals surface area contributed by atoms with E-state index in [1.54, 1.807) is 12.0 Å². The van der Waals surface area contributed by atoms with Crippen LogP contribution in [0.2, 0.25) is 0 Å². The van der Waals surface area contributed by atoms with Crippen molar-refractivity contribution in [3.63, 3.8) is 0 Å². The molecule has 0 aliphatic heterocycles. The lowest BCUT2D eigenvalue weighted by Crippen LogP contribution is -2.39. The molecule has 2 rings (SSSR count). The number of nitrogens with one attached hydrogen (secondary N) is 1. The van der Waals surface area contributed by atoms with Crippen LogP contribution in [0.15, 0.2) is 18.2 Å². The Morgan fingerprint density at radius 3 is 2.71 bits per heavy atom. The lowest BCUT2D eigenvalue weighted by atomic mass is 10.2. The smallest absolute Gasteiger partial charge is 0.335 e. The molecule has 1 aromatic carbocycles. The van der Waals surface area contributed by atoms with Crippen molar-refractivity contribution >= 4 is 17.7 Å². The van der Waals surface area contributed by atoms with E-state index in [1.165, 1.54) is 12.1 Å². The second-order valence-electron chi connectivity index (χ2n) is 4.85. The van der Waals surface area contributed by atoms with E-state index in [4.69, 9.17) is 9.84 Å². The van der Waals surface area contributed by atoms with Crippen molar-refractivity contribution in [1.29, 1.82) is 0 Å². The monoisotopic (exact) mass is 296 g/mol. The van der Waals surface area contributed by atoms with Crippen LogP contribution in [-0.2, 0) is 4.74 Å². The van der Waals surface area contributed by atoms with Crippen molar-refractivity contribution in [2.45, 2.75) is 18.9 Å². The number of carbonyl (C=O) groups is 2. The predicted octanol–water partition coefficient (Wildman–Crippen LogP) is 2.17. The summed E-state index contributed by atoms with van der Waals surface area (Å²) in [6.07, 6.45) is 1.86. The van der Waals surface area contributed by atoms with Crippen LogP contribution in [0.4, 0.5) is 14.9 Å². The van der Waals surface area contributed by atoms with E-state index in [2.05, 4.69) is 5.32 Å². The molecule has 0 aromatic heterocycles. The third kappa shape index (κ3) is 3.91. The molecule has 2 N–H and O–H groups in total. The van der Waals surface area contributed by atoms with Crippen molar-refractivity contribution in [3.8, 4) is 0 Å². The van der Waals surface area contributed by atoms with Crippen LogP contribution in [0.1, 0.15) is 23.2 Å². The van der Waals surface area contributed by atoms with E-state index >= 15 is 0 Å².